The van der Waals surface area contributed by atoms with Crippen molar-refractivity contribution in [3.05, 3.63) is 33.4 Å². The Bertz CT molecular complexity index is 285. The van der Waals surface area contributed by atoms with Crippen molar-refractivity contribution in [2.45, 2.75) is 19.0 Å². The minimum Gasteiger partial charge on any atom is -0.395 e. The van der Waals surface area contributed by atoms with Crippen LogP contribution in [0.15, 0.2) is 24.3 Å². The molecule has 0 aromatic heterocycles. The van der Waals surface area contributed by atoms with E-state index < -0.39 is 0 Å². The van der Waals surface area contributed by atoms with Crippen LogP contribution in [0.3, 0.4) is 0 Å². The van der Waals surface area contributed by atoms with E-state index >= 15 is 0 Å². The van der Waals surface area contributed by atoms with Crippen LogP contribution in [0.2, 0.25) is 0 Å². The summed E-state index contributed by atoms with van der Waals surface area (Å²) in [6, 6.07) is 8.06. The van der Waals surface area contributed by atoms with Crippen LogP contribution >= 0.6 is 22.6 Å². The molecule has 1 rings (SSSR count). The molecule has 0 unspecified atom stereocenters. The molecule has 1 aromatic carbocycles. The van der Waals surface area contributed by atoms with Gasteiger partial charge in [-0.3, -0.25) is 0 Å². The molecule has 3 nitrogen and oxygen atoms in total. The second kappa shape index (κ2) is 6.42. The first-order chi connectivity index (χ1) is 7.17. The highest BCUT2D eigenvalue weighted by Crippen LogP contribution is 2.14. The zero-order chi connectivity index (χ0) is 11.3. The maximum Gasteiger partial charge on any atom is 0.0607 e. The molecule has 0 saturated carbocycles. The third kappa shape index (κ3) is 4.06. The highest BCUT2D eigenvalue weighted by molar-refractivity contribution is 14.1. The summed E-state index contributed by atoms with van der Waals surface area (Å²) in [5.41, 5.74) is 1.15. The maximum atomic E-state index is 8.94. The molecule has 0 radical (unpaired) electrons. The predicted molar refractivity (Wildman–Crippen MR) is 68.7 cm³/mol. The van der Waals surface area contributed by atoms with Gasteiger partial charge < -0.3 is 15.5 Å². The normalized spacial score (nSPS) is 13.1. The molecule has 84 valence electrons. The second-order valence-electron chi connectivity index (χ2n) is 3.50. The lowest BCUT2D eigenvalue weighted by Crippen LogP contribution is -2.37. The second-order valence-corrected chi connectivity index (χ2v) is 4.75. The van der Waals surface area contributed by atoms with Gasteiger partial charge >= 0.3 is 0 Å². The Balaban J connectivity index is 2.60. The molecular weight excluding hydrogens is 305 g/mol. The first-order valence-corrected chi connectivity index (χ1v) is 5.98. The average Bonchev–Trinajstić information content (AvgIpc) is 2.26. The van der Waals surface area contributed by atoms with Gasteiger partial charge in [0.2, 0.25) is 0 Å². The fourth-order valence-electron chi connectivity index (χ4n) is 1.36. The van der Waals surface area contributed by atoms with E-state index in [0.717, 1.165) is 5.56 Å². The van der Waals surface area contributed by atoms with Crippen molar-refractivity contribution in [3.63, 3.8) is 0 Å². The summed E-state index contributed by atoms with van der Waals surface area (Å²) < 4.78 is 1.20. The third-order valence-corrected chi connectivity index (χ3v) is 3.02. The molecule has 0 aliphatic carbocycles. The summed E-state index contributed by atoms with van der Waals surface area (Å²) >= 11 is 2.26. The molecule has 0 saturated heterocycles. The van der Waals surface area contributed by atoms with Gasteiger partial charge in [0.1, 0.15) is 0 Å². The van der Waals surface area contributed by atoms with Crippen molar-refractivity contribution < 1.29 is 10.2 Å². The highest BCUT2D eigenvalue weighted by Gasteiger charge is 2.11. The van der Waals surface area contributed by atoms with Gasteiger partial charge in [-0.1, -0.05) is 12.1 Å². The van der Waals surface area contributed by atoms with Gasteiger partial charge in [-0.2, -0.15) is 0 Å². The number of aliphatic hydroxyl groups excluding tert-OH is 2. The molecule has 0 bridgehead atoms. The van der Waals surface area contributed by atoms with Gasteiger partial charge in [-0.15, -0.1) is 0 Å². The SMILES string of the molecule is C[C@@H](NC(CO)CO)c1ccc(I)cc1. The summed E-state index contributed by atoms with van der Waals surface area (Å²) in [6.45, 7) is 1.91. The molecule has 15 heavy (non-hydrogen) atoms. The number of benzene rings is 1. The first-order valence-electron chi connectivity index (χ1n) is 4.90. The molecule has 0 amide bonds. The Morgan fingerprint density at radius 3 is 2.20 bits per heavy atom. The Labute approximate surface area is 104 Å². The van der Waals surface area contributed by atoms with Gasteiger partial charge in [0.25, 0.3) is 0 Å². The van der Waals surface area contributed by atoms with Crippen molar-refractivity contribution in [1.29, 1.82) is 0 Å². The summed E-state index contributed by atoms with van der Waals surface area (Å²) in [5.74, 6) is 0. The minimum absolute atomic E-state index is 0.0504. The standard InChI is InChI=1S/C11H16INO2/c1-8(13-11(6-14)7-15)9-2-4-10(12)5-3-9/h2-5,8,11,13-15H,6-7H2,1H3/t8-/m1/s1. The lowest BCUT2D eigenvalue weighted by Gasteiger charge is -2.20. The Morgan fingerprint density at radius 1 is 1.20 bits per heavy atom. The van der Waals surface area contributed by atoms with E-state index in [1.165, 1.54) is 3.57 Å². The largest absolute Gasteiger partial charge is 0.395 e. The maximum absolute atomic E-state index is 8.94. The van der Waals surface area contributed by atoms with E-state index in [2.05, 4.69) is 27.9 Å². The number of hydrogen-bond acceptors (Lipinski definition) is 3. The Hall–Kier alpha value is -0.170. The Morgan fingerprint density at radius 2 is 1.73 bits per heavy atom. The third-order valence-electron chi connectivity index (χ3n) is 2.30. The van der Waals surface area contributed by atoms with E-state index in [9.17, 15) is 0 Å². The zero-order valence-electron chi connectivity index (χ0n) is 8.65. The molecule has 4 heteroatoms. The van der Waals surface area contributed by atoms with Crippen LogP contribution in [0.1, 0.15) is 18.5 Å². The zero-order valence-corrected chi connectivity index (χ0v) is 10.8. The van der Waals surface area contributed by atoms with Crippen LogP contribution in [0.5, 0.6) is 0 Å². The number of nitrogens with one attached hydrogen (secondary N) is 1. The van der Waals surface area contributed by atoms with Crippen molar-refractivity contribution in [2.75, 3.05) is 13.2 Å². The number of halogens is 1. The van der Waals surface area contributed by atoms with E-state index in [-0.39, 0.29) is 25.3 Å². The van der Waals surface area contributed by atoms with E-state index in [0.29, 0.717) is 0 Å². The molecule has 0 aliphatic heterocycles. The van der Waals surface area contributed by atoms with Gasteiger partial charge in [0, 0.05) is 9.61 Å². The number of hydrogen-bond donors (Lipinski definition) is 3. The molecule has 1 aromatic rings. The van der Waals surface area contributed by atoms with Crippen LogP contribution in [0.25, 0.3) is 0 Å². The molecule has 1 atom stereocenters. The topological polar surface area (TPSA) is 52.5 Å². The summed E-state index contributed by atoms with van der Waals surface area (Å²) in [5, 5.41) is 21.0. The quantitative estimate of drug-likeness (QED) is 0.717. The summed E-state index contributed by atoms with van der Waals surface area (Å²) in [6.07, 6.45) is 0. The number of aliphatic hydroxyl groups is 2. The van der Waals surface area contributed by atoms with Crippen molar-refractivity contribution in [3.8, 4) is 0 Å². The van der Waals surface area contributed by atoms with Gasteiger partial charge in [-0.25, -0.2) is 0 Å². The van der Waals surface area contributed by atoms with Gasteiger partial charge in [0.05, 0.1) is 19.3 Å². The molecule has 0 heterocycles. The molecule has 0 spiro atoms. The smallest absolute Gasteiger partial charge is 0.0607 e. The minimum atomic E-state index is -0.251. The Kier molecular flexibility index (Phi) is 5.52. The van der Waals surface area contributed by atoms with Crippen molar-refractivity contribution >= 4 is 22.6 Å². The van der Waals surface area contributed by atoms with Crippen LogP contribution in [-0.4, -0.2) is 29.5 Å². The van der Waals surface area contributed by atoms with Crippen molar-refractivity contribution in [1.82, 2.24) is 5.32 Å². The van der Waals surface area contributed by atoms with E-state index in [4.69, 9.17) is 10.2 Å². The molecular formula is C11H16INO2. The number of rotatable bonds is 5. The monoisotopic (exact) mass is 321 g/mol. The van der Waals surface area contributed by atoms with Crippen LogP contribution in [0, 0.1) is 3.57 Å². The average molecular weight is 321 g/mol. The fraction of sp³-hybridized carbons (Fsp3) is 0.455. The lowest BCUT2D eigenvalue weighted by molar-refractivity contribution is 0.163. The highest BCUT2D eigenvalue weighted by atomic mass is 127. The molecule has 0 fully saturated rings. The molecule has 3 N–H and O–H groups in total. The first kappa shape index (κ1) is 12.9. The van der Waals surface area contributed by atoms with Crippen LogP contribution in [-0.2, 0) is 0 Å². The van der Waals surface area contributed by atoms with Crippen molar-refractivity contribution in [2.24, 2.45) is 0 Å². The lowest BCUT2D eigenvalue weighted by atomic mass is 10.1. The van der Waals surface area contributed by atoms with Crippen LogP contribution < -0.4 is 5.32 Å². The van der Waals surface area contributed by atoms with Gasteiger partial charge in [0.15, 0.2) is 0 Å². The van der Waals surface area contributed by atoms with Crippen LogP contribution in [0.4, 0.5) is 0 Å². The van der Waals surface area contributed by atoms with E-state index in [1.54, 1.807) is 0 Å². The predicted octanol–water partition coefficient (Wildman–Crippen LogP) is 1.29. The fourth-order valence-corrected chi connectivity index (χ4v) is 1.72. The van der Waals surface area contributed by atoms with Gasteiger partial charge in [-0.05, 0) is 47.2 Å². The van der Waals surface area contributed by atoms with E-state index in [1.807, 2.05) is 31.2 Å². The summed E-state index contributed by atoms with van der Waals surface area (Å²) in [7, 11) is 0. The summed E-state index contributed by atoms with van der Waals surface area (Å²) in [4.78, 5) is 0. The molecule has 0 aliphatic rings.